The molecule has 170 valence electrons. The second-order valence-electron chi connectivity index (χ2n) is 7.45. The lowest BCUT2D eigenvalue weighted by molar-refractivity contribution is -0.124. The Morgan fingerprint density at radius 1 is 1.19 bits per heavy atom. The van der Waals surface area contributed by atoms with E-state index in [1.165, 1.54) is 12.0 Å². The van der Waals surface area contributed by atoms with Crippen LogP contribution in [0.5, 0.6) is 0 Å². The standard InChI is InChI=1S/C21H27FN2O6S/c22-18-7-6-17(14-19(18)31(27,28)24-10-12-29-13-11-24)21(26)30-15-20(25)23-9-8-16-4-2-1-3-5-16/h4,6-7,14H,1-3,5,8-13,15H2,(H,23,25). The minimum Gasteiger partial charge on any atom is -0.452 e. The number of hydrogen-bond donors (Lipinski definition) is 1. The summed E-state index contributed by atoms with van der Waals surface area (Å²) in [7, 11) is -4.12. The maximum atomic E-state index is 14.2. The smallest absolute Gasteiger partial charge is 0.338 e. The SMILES string of the molecule is O=C(COC(=O)c1ccc(F)c(S(=O)(=O)N2CCOCC2)c1)NCCC1=CCCCC1. The molecule has 10 heteroatoms. The Labute approximate surface area is 181 Å². The summed E-state index contributed by atoms with van der Waals surface area (Å²) in [6.07, 6.45) is 7.45. The zero-order valence-electron chi connectivity index (χ0n) is 17.3. The molecule has 1 aromatic rings. The van der Waals surface area contributed by atoms with Crippen molar-refractivity contribution in [1.29, 1.82) is 0 Å². The lowest BCUT2D eigenvalue weighted by Gasteiger charge is -2.26. The molecule has 0 spiro atoms. The van der Waals surface area contributed by atoms with Crippen LogP contribution < -0.4 is 5.32 Å². The highest BCUT2D eigenvalue weighted by molar-refractivity contribution is 7.89. The van der Waals surface area contributed by atoms with Gasteiger partial charge in [0.25, 0.3) is 5.91 Å². The third-order valence-electron chi connectivity index (χ3n) is 5.24. The van der Waals surface area contributed by atoms with Crippen LogP contribution >= 0.6 is 0 Å². The maximum Gasteiger partial charge on any atom is 0.338 e. The lowest BCUT2D eigenvalue weighted by atomic mass is 9.97. The van der Waals surface area contributed by atoms with Gasteiger partial charge >= 0.3 is 5.97 Å². The second-order valence-corrected chi connectivity index (χ2v) is 9.35. The largest absolute Gasteiger partial charge is 0.452 e. The van der Waals surface area contributed by atoms with E-state index in [-0.39, 0.29) is 31.9 Å². The summed E-state index contributed by atoms with van der Waals surface area (Å²) in [4.78, 5) is 23.6. The van der Waals surface area contributed by atoms with Gasteiger partial charge < -0.3 is 14.8 Å². The van der Waals surface area contributed by atoms with Crippen LogP contribution in [0.3, 0.4) is 0 Å². The Hall–Kier alpha value is -2.30. The monoisotopic (exact) mass is 454 g/mol. The number of nitrogens with zero attached hydrogens (tertiary/aromatic N) is 1. The van der Waals surface area contributed by atoms with Gasteiger partial charge in [-0.3, -0.25) is 4.79 Å². The minimum atomic E-state index is -4.12. The van der Waals surface area contributed by atoms with E-state index in [4.69, 9.17) is 9.47 Å². The van der Waals surface area contributed by atoms with E-state index in [0.29, 0.717) is 6.54 Å². The first-order valence-corrected chi connectivity index (χ1v) is 11.8. The van der Waals surface area contributed by atoms with Gasteiger partial charge in [0.1, 0.15) is 10.7 Å². The fourth-order valence-electron chi connectivity index (χ4n) is 3.51. The van der Waals surface area contributed by atoms with Crippen LogP contribution in [0.2, 0.25) is 0 Å². The predicted molar refractivity (Wildman–Crippen MR) is 110 cm³/mol. The lowest BCUT2D eigenvalue weighted by Crippen LogP contribution is -2.41. The maximum absolute atomic E-state index is 14.2. The van der Waals surface area contributed by atoms with E-state index >= 15 is 0 Å². The van der Waals surface area contributed by atoms with Crippen molar-refractivity contribution in [3.05, 3.63) is 41.2 Å². The number of hydrogen-bond acceptors (Lipinski definition) is 6. The molecule has 1 amide bonds. The number of carbonyl (C=O) groups excluding carboxylic acids is 2. The molecule has 2 aliphatic rings. The number of allylic oxidation sites excluding steroid dienone is 1. The van der Waals surface area contributed by atoms with E-state index in [0.717, 1.165) is 48.2 Å². The molecular formula is C21H27FN2O6S. The molecule has 0 radical (unpaired) electrons. The van der Waals surface area contributed by atoms with Crippen molar-refractivity contribution in [3.63, 3.8) is 0 Å². The Morgan fingerprint density at radius 3 is 2.68 bits per heavy atom. The van der Waals surface area contributed by atoms with Crippen LogP contribution in [0, 0.1) is 5.82 Å². The molecule has 1 saturated heterocycles. The van der Waals surface area contributed by atoms with Crippen molar-refractivity contribution in [2.24, 2.45) is 0 Å². The van der Waals surface area contributed by atoms with E-state index in [1.54, 1.807) is 0 Å². The molecule has 31 heavy (non-hydrogen) atoms. The van der Waals surface area contributed by atoms with Gasteiger partial charge in [0.15, 0.2) is 6.61 Å². The first-order chi connectivity index (χ1) is 14.9. The molecule has 8 nitrogen and oxygen atoms in total. The number of ether oxygens (including phenoxy) is 2. The van der Waals surface area contributed by atoms with Gasteiger partial charge in [0.05, 0.1) is 18.8 Å². The van der Waals surface area contributed by atoms with Crippen molar-refractivity contribution in [2.75, 3.05) is 39.5 Å². The Morgan fingerprint density at radius 2 is 1.97 bits per heavy atom. The van der Waals surface area contributed by atoms with Crippen molar-refractivity contribution in [1.82, 2.24) is 9.62 Å². The summed E-state index contributed by atoms with van der Waals surface area (Å²) in [6, 6.07) is 2.97. The molecule has 1 N–H and O–H groups in total. The number of amides is 1. The van der Waals surface area contributed by atoms with Crippen molar-refractivity contribution in [3.8, 4) is 0 Å². The highest BCUT2D eigenvalue weighted by Gasteiger charge is 2.30. The summed E-state index contributed by atoms with van der Waals surface area (Å²) in [6.45, 7) is 0.604. The fraction of sp³-hybridized carbons (Fsp3) is 0.524. The first-order valence-electron chi connectivity index (χ1n) is 10.4. The molecule has 1 heterocycles. The Balaban J connectivity index is 1.54. The zero-order chi connectivity index (χ0) is 22.3. The number of sulfonamides is 1. The van der Waals surface area contributed by atoms with Gasteiger partial charge in [-0.25, -0.2) is 17.6 Å². The number of nitrogens with one attached hydrogen (secondary N) is 1. The summed E-state index contributed by atoms with van der Waals surface area (Å²) in [5.41, 5.74) is 1.18. The molecule has 1 aliphatic heterocycles. The Bertz CT molecular complexity index is 941. The van der Waals surface area contributed by atoms with Crippen LogP contribution in [0.25, 0.3) is 0 Å². The average molecular weight is 455 g/mol. The van der Waals surface area contributed by atoms with Gasteiger partial charge in [0.2, 0.25) is 10.0 Å². The number of morpholine rings is 1. The topological polar surface area (TPSA) is 102 Å². The van der Waals surface area contributed by atoms with E-state index in [2.05, 4.69) is 11.4 Å². The molecule has 0 bridgehead atoms. The number of carbonyl (C=O) groups is 2. The van der Waals surface area contributed by atoms with Crippen molar-refractivity contribution in [2.45, 2.75) is 37.0 Å². The molecular weight excluding hydrogens is 427 g/mol. The normalized spacial score (nSPS) is 17.6. The fourth-order valence-corrected chi connectivity index (χ4v) is 5.01. The molecule has 0 aromatic heterocycles. The predicted octanol–water partition coefficient (Wildman–Crippen LogP) is 2.01. The molecule has 0 saturated carbocycles. The van der Waals surface area contributed by atoms with Crippen LogP contribution in [-0.4, -0.2) is 64.1 Å². The van der Waals surface area contributed by atoms with Gasteiger partial charge in [-0.15, -0.1) is 0 Å². The summed E-state index contributed by atoms with van der Waals surface area (Å²) < 4.78 is 50.9. The minimum absolute atomic E-state index is 0.105. The molecule has 0 atom stereocenters. The number of esters is 1. The second kappa shape index (κ2) is 10.8. The van der Waals surface area contributed by atoms with Gasteiger partial charge in [-0.1, -0.05) is 11.6 Å². The van der Waals surface area contributed by atoms with Gasteiger partial charge in [-0.05, 0) is 50.3 Å². The van der Waals surface area contributed by atoms with Crippen LogP contribution in [0.1, 0.15) is 42.5 Å². The third-order valence-corrected chi connectivity index (χ3v) is 7.16. The number of halogens is 1. The van der Waals surface area contributed by atoms with Crippen LogP contribution in [0.15, 0.2) is 34.7 Å². The van der Waals surface area contributed by atoms with Crippen molar-refractivity contribution >= 4 is 21.9 Å². The molecule has 1 fully saturated rings. The van der Waals surface area contributed by atoms with E-state index in [9.17, 15) is 22.4 Å². The summed E-state index contributed by atoms with van der Waals surface area (Å²) in [5.74, 6) is -2.31. The zero-order valence-corrected chi connectivity index (χ0v) is 18.1. The molecule has 3 rings (SSSR count). The molecule has 1 aromatic carbocycles. The molecule has 1 aliphatic carbocycles. The van der Waals surface area contributed by atoms with Crippen LogP contribution in [-0.2, 0) is 24.3 Å². The average Bonchev–Trinajstić information content (AvgIpc) is 2.79. The van der Waals surface area contributed by atoms with Gasteiger partial charge in [0, 0.05) is 19.6 Å². The van der Waals surface area contributed by atoms with Gasteiger partial charge in [-0.2, -0.15) is 4.31 Å². The highest BCUT2D eigenvalue weighted by atomic mass is 32.2. The molecule has 0 unspecified atom stereocenters. The van der Waals surface area contributed by atoms with E-state index < -0.39 is 39.2 Å². The highest BCUT2D eigenvalue weighted by Crippen LogP contribution is 2.22. The Kier molecular flexibility index (Phi) is 8.16. The third kappa shape index (κ3) is 6.34. The quantitative estimate of drug-likeness (QED) is 0.476. The van der Waals surface area contributed by atoms with Crippen molar-refractivity contribution < 1.29 is 31.9 Å². The number of rotatable bonds is 8. The summed E-state index contributed by atoms with van der Waals surface area (Å²) >= 11 is 0. The van der Waals surface area contributed by atoms with Crippen LogP contribution in [0.4, 0.5) is 4.39 Å². The summed E-state index contributed by atoms with van der Waals surface area (Å²) in [5, 5.41) is 2.69. The van der Waals surface area contributed by atoms with E-state index in [1.807, 2.05) is 0 Å². The number of benzene rings is 1. The first kappa shape index (κ1) is 23.4.